The maximum Gasteiger partial charge on any atom is 0.278 e. The smallest absolute Gasteiger partial charge is 0.278 e. The summed E-state index contributed by atoms with van der Waals surface area (Å²) in [5.41, 5.74) is 0.281. The molecule has 0 fully saturated rings. The number of benzene rings is 2. The summed E-state index contributed by atoms with van der Waals surface area (Å²) in [6.07, 6.45) is 2.48. The lowest BCUT2D eigenvalue weighted by molar-refractivity contribution is 0.482. The van der Waals surface area contributed by atoms with E-state index in [0.717, 1.165) is 0 Å². The Morgan fingerprint density at radius 1 is 1.24 bits per heavy atom. The second-order valence-electron chi connectivity index (χ2n) is 4.32. The minimum atomic E-state index is -3.80. The molecular weight excluding hydrogens is 314 g/mol. The highest BCUT2D eigenvalue weighted by molar-refractivity contribution is 7.92. The summed E-state index contributed by atoms with van der Waals surface area (Å²) in [5, 5.41) is 11.0. The molecule has 3 rings (SSSR count). The maximum atomic E-state index is 12.2. The van der Waals surface area contributed by atoms with Crippen LogP contribution in [0.2, 0.25) is 5.02 Å². The summed E-state index contributed by atoms with van der Waals surface area (Å²) in [7, 11) is -3.80. The number of rotatable bonds is 3. The number of phenolic OH excluding ortho intramolecular Hbond substituents is 1. The molecule has 2 aromatic carbocycles. The third-order valence-corrected chi connectivity index (χ3v) is 4.56. The Bertz CT molecular complexity index is 908. The van der Waals surface area contributed by atoms with Crippen molar-refractivity contribution in [3.63, 3.8) is 0 Å². The molecule has 0 saturated carbocycles. The first-order chi connectivity index (χ1) is 9.99. The van der Waals surface area contributed by atoms with E-state index in [1.54, 1.807) is 24.3 Å². The van der Waals surface area contributed by atoms with Crippen molar-refractivity contribution in [1.29, 1.82) is 0 Å². The second-order valence-corrected chi connectivity index (χ2v) is 6.38. The minimum absolute atomic E-state index is 0.0595. The first-order valence-electron chi connectivity index (χ1n) is 5.90. The summed E-state index contributed by atoms with van der Waals surface area (Å²) < 4.78 is 26.9. The van der Waals surface area contributed by atoms with Gasteiger partial charge in [0.15, 0.2) is 5.03 Å². The number of fused-ring (bicyclic) bond motifs is 1. The topological polar surface area (TPSA) is 95.1 Å². The van der Waals surface area contributed by atoms with Crippen molar-refractivity contribution < 1.29 is 13.5 Å². The summed E-state index contributed by atoms with van der Waals surface area (Å²) in [6, 6.07) is 8.18. The molecule has 0 aliphatic rings. The van der Waals surface area contributed by atoms with Crippen LogP contribution >= 0.6 is 11.6 Å². The zero-order chi connectivity index (χ0) is 15.0. The summed E-state index contributed by atoms with van der Waals surface area (Å²) in [6.45, 7) is 0. The fraction of sp³-hybridized carbons (Fsp3) is 0. The molecule has 1 aromatic heterocycles. The molecule has 0 radical (unpaired) electrons. The molecule has 0 aliphatic heterocycles. The fourth-order valence-electron chi connectivity index (χ4n) is 2.00. The number of aromatic hydroxyl groups is 1. The first-order valence-corrected chi connectivity index (χ1v) is 7.76. The number of aromatic nitrogens is 2. The molecule has 0 unspecified atom stereocenters. The molecule has 0 atom stereocenters. The Morgan fingerprint density at radius 2 is 1.95 bits per heavy atom. The number of nitrogens with one attached hydrogen (secondary N) is 2. The van der Waals surface area contributed by atoms with E-state index in [-0.39, 0.29) is 21.5 Å². The number of nitrogens with zero attached hydrogens (tertiary/aromatic N) is 1. The lowest BCUT2D eigenvalue weighted by Gasteiger charge is -2.11. The Balaban J connectivity index is 2.16. The van der Waals surface area contributed by atoms with E-state index in [2.05, 4.69) is 14.7 Å². The van der Waals surface area contributed by atoms with Crippen molar-refractivity contribution in [2.75, 3.05) is 4.72 Å². The minimum Gasteiger partial charge on any atom is -0.506 e. The van der Waals surface area contributed by atoms with E-state index in [1.165, 1.54) is 18.6 Å². The predicted octanol–water partition coefficient (Wildman–Crippen LogP) is 2.72. The van der Waals surface area contributed by atoms with Gasteiger partial charge in [-0.15, -0.1) is 0 Å². The molecule has 8 heteroatoms. The van der Waals surface area contributed by atoms with Crippen LogP contribution < -0.4 is 4.72 Å². The largest absolute Gasteiger partial charge is 0.506 e. The number of halogens is 1. The van der Waals surface area contributed by atoms with E-state index in [0.29, 0.717) is 10.8 Å². The Hall–Kier alpha value is -2.25. The van der Waals surface area contributed by atoms with E-state index in [1.807, 2.05) is 0 Å². The van der Waals surface area contributed by atoms with Crippen molar-refractivity contribution in [3.05, 3.63) is 47.9 Å². The summed E-state index contributed by atoms with van der Waals surface area (Å²) >= 11 is 5.94. The lowest BCUT2D eigenvalue weighted by Crippen LogP contribution is -2.13. The third kappa shape index (κ3) is 2.41. The molecule has 3 aromatic rings. The van der Waals surface area contributed by atoms with Gasteiger partial charge in [-0.2, -0.15) is 8.42 Å². The average molecular weight is 324 g/mol. The Kier molecular flexibility index (Phi) is 3.23. The zero-order valence-corrected chi connectivity index (χ0v) is 12.1. The lowest BCUT2D eigenvalue weighted by atomic mass is 10.1. The van der Waals surface area contributed by atoms with Gasteiger partial charge in [0, 0.05) is 10.8 Å². The number of aromatic amines is 1. The van der Waals surface area contributed by atoms with Gasteiger partial charge in [0.2, 0.25) is 0 Å². The molecule has 0 spiro atoms. The highest BCUT2D eigenvalue weighted by atomic mass is 35.5. The van der Waals surface area contributed by atoms with Crippen molar-refractivity contribution in [2.24, 2.45) is 0 Å². The SMILES string of the molecule is O=S(=O)(Nc1cc(Cl)c(O)c2ccccc12)c1cnc[nH]1. The van der Waals surface area contributed by atoms with E-state index < -0.39 is 10.0 Å². The van der Waals surface area contributed by atoms with Gasteiger partial charge < -0.3 is 10.1 Å². The van der Waals surface area contributed by atoms with Crippen molar-refractivity contribution in [2.45, 2.75) is 5.03 Å². The molecule has 3 N–H and O–H groups in total. The molecule has 21 heavy (non-hydrogen) atoms. The average Bonchev–Trinajstić information content (AvgIpc) is 2.99. The quantitative estimate of drug-likeness (QED) is 0.646. The molecule has 108 valence electrons. The predicted molar refractivity (Wildman–Crippen MR) is 80.0 cm³/mol. The van der Waals surface area contributed by atoms with Crippen LogP contribution in [0.4, 0.5) is 5.69 Å². The van der Waals surface area contributed by atoms with Crippen LogP contribution in [0.5, 0.6) is 5.75 Å². The standard InChI is InChI=1S/C13H10ClN3O3S/c14-10-5-11(8-3-1-2-4-9(8)13(10)18)17-21(19,20)12-6-15-7-16-12/h1-7,17-18H,(H,15,16). The van der Waals surface area contributed by atoms with Gasteiger partial charge in [-0.25, -0.2) is 4.98 Å². The van der Waals surface area contributed by atoms with Gasteiger partial charge in [-0.05, 0) is 6.07 Å². The highest BCUT2D eigenvalue weighted by Crippen LogP contribution is 2.37. The number of phenols is 1. The Morgan fingerprint density at radius 3 is 2.62 bits per heavy atom. The molecule has 0 saturated heterocycles. The molecule has 1 heterocycles. The van der Waals surface area contributed by atoms with Gasteiger partial charge >= 0.3 is 0 Å². The third-order valence-electron chi connectivity index (χ3n) is 2.98. The van der Waals surface area contributed by atoms with Gasteiger partial charge in [0.25, 0.3) is 10.0 Å². The summed E-state index contributed by atoms with van der Waals surface area (Å²) in [4.78, 5) is 6.21. The molecule has 0 amide bonds. The molecular formula is C13H10ClN3O3S. The highest BCUT2D eigenvalue weighted by Gasteiger charge is 2.18. The number of anilines is 1. The molecule has 0 aliphatic carbocycles. The second kappa shape index (κ2) is 4.94. The van der Waals surface area contributed by atoms with Crippen LogP contribution in [-0.2, 0) is 10.0 Å². The van der Waals surface area contributed by atoms with Crippen molar-refractivity contribution in [1.82, 2.24) is 9.97 Å². The number of sulfonamides is 1. The fourth-order valence-corrected chi connectivity index (χ4v) is 3.19. The first kappa shape index (κ1) is 13.7. The molecule has 0 bridgehead atoms. The monoisotopic (exact) mass is 323 g/mol. The number of hydrogen-bond donors (Lipinski definition) is 3. The van der Waals surface area contributed by atoms with E-state index in [4.69, 9.17) is 11.6 Å². The molecule has 6 nitrogen and oxygen atoms in total. The van der Waals surface area contributed by atoms with Gasteiger partial charge in [-0.1, -0.05) is 35.9 Å². The maximum absolute atomic E-state index is 12.2. The number of imidazole rings is 1. The van der Waals surface area contributed by atoms with E-state index in [9.17, 15) is 13.5 Å². The van der Waals surface area contributed by atoms with Crippen LogP contribution in [-0.4, -0.2) is 23.5 Å². The van der Waals surface area contributed by atoms with Crippen LogP contribution in [0.25, 0.3) is 10.8 Å². The van der Waals surface area contributed by atoms with Gasteiger partial charge in [0.05, 0.1) is 23.2 Å². The summed E-state index contributed by atoms with van der Waals surface area (Å²) in [5.74, 6) is -0.0863. The Labute approximate surface area is 125 Å². The van der Waals surface area contributed by atoms with Crippen LogP contribution in [0, 0.1) is 0 Å². The van der Waals surface area contributed by atoms with Gasteiger partial charge in [0.1, 0.15) is 5.75 Å². The number of H-pyrrole nitrogens is 1. The van der Waals surface area contributed by atoms with Crippen LogP contribution in [0.3, 0.4) is 0 Å². The van der Waals surface area contributed by atoms with Crippen molar-refractivity contribution in [3.8, 4) is 5.75 Å². The van der Waals surface area contributed by atoms with Crippen molar-refractivity contribution >= 4 is 38.1 Å². The van der Waals surface area contributed by atoms with Crippen LogP contribution in [0.15, 0.2) is 47.9 Å². The number of hydrogen-bond acceptors (Lipinski definition) is 4. The van der Waals surface area contributed by atoms with E-state index >= 15 is 0 Å². The van der Waals surface area contributed by atoms with Gasteiger partial charge in [-0.3, -0.25) is 4.72 Å². The normalized spacial score (nSPS) is 11.7. The zero-order valence-electron chi connectivity index (χ0n) is 10.5. The van der Waals surface area contributed by atoms with Crippen LogP contribution in [0.1, 0.15) is 0 Å².